The quantitative estimate of drug-likeness (QED) is 0.328. The number of aliphatic hydroxyl groups excluding tert-OH is 1. The Balaban J connectivity index is 1.41. The molecule has 0 bridgehead atoms. The van der Waals surface area contributed by atoms with Crippen molar-refractivity contribution in [2.75, 3.05) is 11.4 Å². The fraction of sp³-hybridized carbons (Fsp3) is 0.185. The molecule has 11 heteroatoms. The molecule has 0 fully saturated rings. The lowest BCUT2D eigenvalue weighted by Crippen LogP contribution is -2.42. The van der Waals surface area contributed by atoms with Gasteiger partial charge in [0.05, 0.1) is 18.4 Å². The van der Waals surface area contributed by atoms with Crippen molar-refractivity contribution in [1.82, 2.24) is 24.9 Å². The minimum absolute atomic E-state index is 0.0748. The highest BCUT2D eigenvalue weighted by Crippen LogP contribution is 2.36. The lowest BCUT2D eigenvalue weighted by Gasteiger charge is -2.39. The summed E-state index contributed by atoms with van der Waals surface area (Å²) in [6.45, 7) is 0.420. The molecule has 3 aromatic heterocycles. The first-order valence-corrected chi connectivity index (χ1v) is 11.9. The third-order valence-corrected chi connectivity index (χ3v) is 6.60. The highest BCUT2D eigenvalue weighted by molar-refractivity contribution is 5.64. The highest BCUT2D eigenvalue weighted by Gasteiger charge is 2.34. The molecule has 5 aromatic rings. The maximum absolute atomic E-state index is 15.1. The summed E-state index contributed by atoms with van der Waals surface area (Å²) < 4.78 is 36.0. The van der Waals surface area contributed by atoms with Crippen LogP contribution in [0, 0.1) is 11.6 Å². The van der Waals surface area contributed by atoms with Crippen LogP contribution in [-0.2, 0) is 13.0 Å². The first-order chi connectivity index (χ1) is 18.5. The van der Waals surface area contributed by atoms with Gasteiger partial charge in [0.25, 0.3) is 0 Å². The fourth-order valence-electron chi connectivity index (χ4n) is 4.83. The van der Waals surface area contributed by atoms with E-state index in [1.807, 2.05) is 12.1 Å². The number of hydrogen-bond donors (Lipinski definition) is 2. The van der Waals surface area contributed by atoms with Gasteiger partial charge in [0, 0.05) is 18.2 Å². The number of anilines is 1. The van der Waals surface area contributed by atoms with Crippen LogP contribution in [0.3, 0.4) is 0 Å². The van der Waals surface area contributed by atoms with Gasteiger partial charge < -0.3 is 19.6 Å². The van der Waals surface area contributed by atoms with Gasteiger partial charge in [0.1, 0.15) is 29.5 Å². The smallest absolute Gasteiger partial charge is 0.183 e. The number of fused-ring (bicyclic) bond motifs is 1. The van der Waals surface area contributed by atoms with Crippen LogP contribution in [0.5, 0.6) is 0 Å². The first kappa shape index (κ1) is 23.9. The zero-order chi connectivity index (χ0) is 26.2. The van der Waals surface area contributed by atoms with E-state index in [1.54, 1.807) is 47.1 Å². The second kappa shape index (κ2) is 9.77. The Kier molecular flexibility index (Phi) is 6.14. The molecule has 192 valence electrons. The van der Waals surface area contributed by atoms with E-state index in [2.05, 4.69) is 20.2 Å². The van der Waals surface area contributed by atoms with Crippen LogP contribution in [0.2, 0.25) is 0 Å². The monoisotopic (exact) mass is 516 g/mol. The lowest BCUT2D eigenvalue weighted by molar-refractivity contribution is -0.0621. The van der Waals surface area contributed by atoms with Crippen molar-refractivity contribution in [3.63, 3.8) is 0 Å². The van der Waals surface area contributed by atoms with Gasteiger partial charge in [-0.25, -0.2) is 18.7 Å². The molecule has 1 unspecified atom stereocenters. The van der Waals surface area contributed by atoms with E-state index >= 15 is 4.39 Å². The van der Waals surface area contributed by atoms with Gasteiger partial charge >= 0.3 is 0 Å². The van der Waals surface area contributed by atoms with Crippen molar-refractivity contribution in [1.29, 1.82) is 0 Å². The van der Waals surface area contributed by atoms with Crippen molar-refractivity contribution in [3.8, 4) is 22.9 Å². The summed E-state index contributed by atoms with van der Waals surface area (Å²) in [7, 11) is 0. The molecule has 0 saturated carbocycles. The average Bonchev–Trinajstić information content (AvgIpc) is 3.60. The molecule has 38 heavy (non-hydrogen) atoms. The van der Waals surface area contributed by atoms with Gasteiger partial charge in [0.2, 0.25) is 0 Å². The summed E-state index contributed by atoms with van der Waals surface area (Å²) in [4.78, 5) is 10.1. The predicted octanol–water partition coefficient (Wildman–Crippen LogP) is 3.74. The number of benzene rings is 2. The van der Waals surface area contributed by atoms with Crippen molar-refractivity contribution < 1.29 is 23.5 Å². The molecule has 4 heterocycles. The third kappa shape index (κ3) is 4.31. The number of aliphatic hydroxyl groups is 2. The molecule has 1 aliphatic heterocycles. The molecule has 9 nitrogen and oxygen atoms in total. The molecule has 2 N–H and O–H groups in total. The third-order valence-electron chi connectivity index (χ3n) is 6.60. The van der Waals surface area contributed by atoms with E-state index in [-0.39, 0.29) is 24.0 Å². The van der Waals surface area contributed by atoms with Crippen molar-refractivity contribution in [2.45, 2.75) is 25.3 Å². The Morgan fingerprint density at radius 1 is 1.00 bits per heavy atom. The zero-order valence-corrected chi connectivity index (χ0v) is 19.9. The normalized spacial score (nSPS) is 15.2. The van der Waals surface area contributed by atoms with Gasteiger partial charge in [-0.1, -0.05) is 47.6 Å². The molecule has 0 radical (unpaired) electrons. The molecule has 0 aliphatic carbocycles. The summed E-state index contributed by atoms with van der Waals surface area (Å²) in [5.74, 6) is -1.05. The Bertz CT molecular complexity index is 1590. The summed E-state index contributed by atoms with van der Waals surface area (Å²) in [5.41, 5.74) is 3.37. The molecule has 0 amide bonds. The lowest BCUT2D eigenvalue weighted by atomic mass is 9.92. The number of halogens is 2. The topological polar surface area (TPSA) is 113 Å². The second-order valence-corrected chi connectivity index (χ2v) is 8.91. The van der Waals surface area contributed by atoms with Crippen LogP contribution in [0.1, 0.15) is 22.7 Å². The number of nitrogens with zero attached hydrogens (tertiary/aromatic N) is 6. The highest BCUT2D eigenvalue weighted by atomic mass is 19.1. The van der Waals surface area contributed by atoms with Crippen LogP contribution >= 0.6 is 0 Å². The molecule has 2 aromatic carbocycles. The van der Waals surface area contributed by atoms with Gasteiger partial charge in [0.15, 0.2) is 23.7 Å². The zero-order valence-electron chi connectivity index (χ0n) is 19.9. The van der Waals surface area contributed by atoms with E-state index in [9.17, 15) is 14.6 Å². The van der Waals surface area contributed by atoms with E-state index < -0.39 is 18.1 Å². The summed E-state index contributed by atoms with van der Waals surface area (Å²) in [6.07, 6.45) is 1.25. The summed E-state index contributed by atoms with van der Waals surface area (Å²) in [5, 5.41) is 29.0. The molecular formula is C27H22F2N6O3. The van der Waals surface area contributed by atoms with Crippen LogP contribution in [0.15, 0.2) is 77.6 Å². The number of rotatable bonds is 6. The largest absolute Gasteiger partial charge is 0.366 e. The van der Waals surface area contributed by atoms with Gasteiger partial charge in [-0.05, 0) is 29.7 Å². The molecule has 0 spiro atoms. The molecule has 1 aliphatic rings. The van der Waals surface area contributed by atoms with Gasteiger partial charge in [-0.3, -0.25) is 4.68 Å². The maximum atomic E-state index is 15.1. The SMILES string of the molecule is OC(O)C1c2ccccc2CCN1c1nc(-c2cc(-c3ccon3)n(Cc3ccccc3F)n2)ncc1F. The average molecular weight is 517 g/mol. The van der Waals surface area contributed by atoms with Crippen LogP contribution in [0.25, 0.3) is 22.9 Å². The Hall–Kier alpha value is -4.48. The maximum Gasteiger partial charge on any atom is 0.183 e. The van der Waals surface area contributed by atoms with Crippen molar-refractivity contribution >= 4 is 5.82 Å². The second-order valence-electron chi connectivity index (χ2n) is 8.91. The standard InChI is InChI=1S/C27H22F2N6O3/c28-19-8-4-2-6-17(19)15-35-23(21-10-12-38-33-21)13-22(32-35)25-30-14-20(29)26(31-25)34-11-9-16-5-1-3-7-18(16)24(34)27(36)37/h1-8,10,12-14,24,27,36-37H,9,11,15H2. The van der Waals surface area contributed by atoms with E-state index in [0.717, 1.165) is 11.8 Å². The van der Waals surface area contributed by atoms with Gasteiger partial charge in [-0.2, -0.15) is 5.10 Å². The van der Waals surface area contributed by atoms with Crippen LogP contribution < -0.4 is 4.90 Å². The molecular weight excluding hydrogens is 494 g/mol. The molecule has 6 rings (SSSR count). The number of hydrogen-bond acceptors (Lipinski definition) is 8. The Labute approximate surface area is 215 Å². The van der Waals surface area contributed by atoms with Crippen molar-refractivity contribution in [2.24, 2.45) is 0 Å². The molecule has 0 saturated heterocycles. The van der Waals surface area contributed by atoms with E-state index in [4.69, 9.17) is 4.52 Å². The minimum Gasteiger partial charge on any atom is -0.366 e. The minimum atomic E-state index is -1.77. The Morgan fingerprint density at radius 2 is 1.82 bits per heavy atom. The fourth-order valence-corrected chi connectivity index (χ4v) is 4.83. The predicted molar refractivity (Wildman–Crippen MR) is 133 cm³/mol. The van der Waals surface area contributed by atoms with E-state index in [1.165, 1.54) is 17.2 Å². The summed E-state index contributed by atoms with van der Waals surface area (Å²) in [6, 6.07) is 16.1. The van der Waals surface area contributed by atoms with Crippen LogP contribution in [-0.4, -0.2) is 48.0 Å². The Morgan fingerprint density at radius 3 is 2.61 bits per heavy atom. The van der Waals surface area contributed by atoms with Crippen LogP contribution in [0.4, 0.5) is 14.6 Å². The van der Waals surface area contributed by atoms with E-state index in [0.29, 0.717) is 41.2 Å². The molecule has 1 atom stereocenters. The number of aromatic nitrogens is 5. The first-order valence-electron chi connectivity index (χ1n) is 11.9. The van der Waals surface area contributed by atoms with Crippen molar-refractivity contribution in [3.05, 3.63) is 101 Å². The van der Waals surface area contributed by atoms with Gasteiger partial charge in [-0.15, -0.1) is 0 Å². The summed E-state index contributed by atoms with van der Waals surface area (Å²) >= 11 is 0.